The van der Waals surface area contributed by atoms with Crippen LogP contribution in [0.4, 0.5) is 0 Å². The maximum absolute atomic E-state index is 11.4. The van der Waals surface area contributed by atoms with Crippen molar-refractivity contribution in [1.29, 1.82) is 0 Å². The summed E-state index contributed by atoms with van der Waals surface area (Å²) < 4.78 is 0. The highest BCUT2D eigenvalue weighted by molar-refractivity contribution is 5.71. The summed E-state index contributed by atoms with van der Waals surface area (Å²) in [7, 11) is 0. The Hall–Kier alpha value is -2.39. The van der Waals surface area contributed by atoms with E-state index in [9.17, 15) is 5.11 Å². The highest BCUT2D eigenvalue weighted by Crippen LogP contribution is 2.34. The molecule has 0 aromatic heterocycles. The van der Waals surface area contributed by atoms with Gasteiger partial charge in [0.25, 0.3) is 0 Å². The average Bonchev–Trinajstić information content (AvgIpc) is 2.56. The van der Waals surface area contributed by atoms with Crippen LogP contribution in [0.5, 0.6) is 0 Å². The molecule has 100 valence electrons. The monoisotopic (exact) mass is 264 g/mol. The van der Waals surface area contributed by atoms with Crippen molar-refractivity contribution in [3.63, 3.8) is 0 Å². The van der Waals surface area contributed by atoms with E-state index in [1.165, 1.54) is 0 Å². The van der Waals surface area contributed by atoms with Crippen LogP contribution in [0.25, 0.3) is 0 Å². The molecule has 0 fully saturated rings. The standard InChI is InChI=1S/C17H16N2O/c20-17(15-8-3-1-4-9-15,16-10-5-2-6-11-16)19-13-7-12-18-14-19/h1-13,20H,14H2. The molecule has 2 aromatic carbocycles. The molecule has 0 amide bonds. The number of aliphatic imine (C=N–C) groups is 1. The average molecular weight is 264 g/mol. The van der Waals surface area contributed by atoms with E-state index < -0.39 is 5.72 Å². The highest BCUT2D eigenvalue weighted by Gasteiger charge is 2.36. The van der Waals surface area contributed by atoms with Crippen molar-refractivity contribution in [3.8, 4) is 0 Å². The number of nitrogens with zero attached hydrogens (tertiary/aromatic N) is 2. The Balaban J connectivity index is 2.13. The molecule has 3 rings (SSSR count). The third-order valence-electron chi connectivity index (χ3n) is 3.46. The Morgan fingerprint density at radius 2 is 1.45 bits per heavy atom. The predicted octanol–water partition coefficient (Wildman–Crippen LogP) is 2.74. The van der Waals surface area contributed by atoms with Gasteiger partial charge in [-0.25, -0.2) is 0 Å². The summed E-state index contributed by atoms with van der Waals surface area (Å²) in [6, 6.07) is 19.3. The summed E-state index contributed by atoms with van der Waals surface area (Å²) >= 11 is 0. The second kappa shape index (κ2) is 5.31. The molecule has 0 atom stereocenters. The van der Waals surface area contributed by atoms with Gasteiger partial charge in [-0.2, -0.15) is 0 Å². The van der Waals surface area contributed by atoms with Crippen molar-refractivity contribution in [3.05, 3.63) is 84.1 Å². The van der Waals surface area contributed by atoms with Gasteiger partial charge in [-0.05, 0) is 6.08 Å². The topological polar surface area (TPSA) is 35.8 Å². The van der Waals surface area contributed by atoms with E-state index in [1.807, 2.05) is 77.8 Å². The molecule has 2 aromatic rings. The zero-order valence-corrected chi connectivity index (χ0v) is 11.1. The second-order valence-corrected chi connectivity index (χ2v) is 4.69. The fourth-order valence-corrected chi connectivity index (χ4v) is 2.44. The van der Waals surface area contributed by atoms with E-state index in [4.69, 9.17) is 0 Å². The number of allylic oxidation sites excluding steroid dienone is 1. The second-order valence-electron chi connectivity index (χ2n) is 4.69. The molecule has 1 aliphatic heterocycles. The quantitative estimate of drug-likeness (QED) is 0.925. The molecule has 1 N–H and O–H groups in total. The fourth-order valence-electron chi connectivity index (χ4n) is 2.44. The zero-order chi connectivity index (χ0) is 13.8. The van der Waals surface area contributed by atoms with Gasteiger partial charge in [-0.1, -0.05) is 60.7 Å². The van der Waals surface area contributed by atoms with Crippen molar-refractivity contribution in [2.24, 2.45) is 4.99 Å². The first kappa shape index (κ1) is 12.6. The largest absolute Gasteiger partial charge is 0.363 e. The van der Waals surface area contributed by atoms with E-state index in [2.05, 4.69) is 4.99 Å². The van der Waals surface area contributed by atoms with Crippen LogP contribution in [0.1, 0.15) is 11.1 Å². The van der Waals surface area contributed by atoms with Crippen LogP contribution in [0.3, 0.4) is 0 Å². The third kappa shape index (κ3) is 2.12. The zero-order valence-electron chi connectivity index (χ0n) is 11.1. The summed E-state index contributed by atoms with van der Waals surface area (Å²) in [6.07, 6.45) is 5.44. The van der Waals surface area contributed by atoms with Gasteiger partial charge in [-0.3, -0.25) is 4.99 Å². The van der Waals surface area contributed by atoms with Crippen molar-refractivity contribution < 1.29 is 5.11 Å². The smallest absolute Gasteiger partial charge is 0.192 e. The van der Waals surface area contributed by atoms with Gasteiger partial charge in [0.05, 0.1) is 0 Å². The first-order valence-electron chi connectivity index (χ1n) is 6.58. The first-order chi connectivity index (χ1) is 9.82. The van der Waals surface area contributed by atoms with Gasteiger partial charge < -0.3 is 10.0 Å². The van der Waals surface area contributed by atoms with E-state index >= 15 is 0 Å². The Morgan fingerprint density at radius 3 is 1.90 bits per heavy atom. The van der Waals surface area contributed by atoms with Crippen LogP contribution < -0.4 is 0 Å². The maximum atomic E-state index is 11.4. The van der Waals surface area contributed by atoms with Gasteiger partial charge in [0.1, 0.15) is 6.67 Å². The van der Waals surface area contributed by atoms with Crippen molar-refractivity contribution in [2.45, 2.75) is 5.72 Å². The lowest BCUT2D eigenvalue weighted by atomic mass is 9.93. The molecule has 0 unspecified atom stereocenters. The van der Waals surface area contributed by atoms with Crippen LogP contribution in [-0.4, -0.2) is 22.9 Å². The minimum Gasteiger partial charge on any atom is -0.363 e. The van der Waals surface area contributed by atoms with Crippen molar-refractivity contribution in [2.75, 3.05) is 6.67 Å². The van der Waals surface area contributed by atoms with Gasteiger partial charge in [0.2, 0.25) is 0 Å². The number of hydrogen-bond donors (Lipinski definition) is 1. The van der Waals surface area contributed by atoms with E-state index in [0.29, 0.717) is 6.67 Å². The summed E-state index contributed by atoms with van der Waals surface area (Å²) in [4.78, 5) is 6.06. The normalized spacial score (nSPS) is 14.6. The Labute approximate surface area is 118 Å². The van der Waals surface area contributed by atoms with Gasteiger partial charge in [-0.15, -0.1) is 0 Å². The van der Waals surface area contributed by atoms with E-state index in [1.54, 1.807) is 6.21 Å². The molecule has 0 radical (unpaired) electrons. The van der Waals surface area contributed by atoms with Crippen LogP contribution in [0, 0.1) is 0 Å². The van der Waals surface area contributed by atoms with Gasteiger partial charge in [0.15, 0.2) is 5.72 Å². The summed E-state index contributed by atoms with van der Waals surface area (Å²) in [6.45, 7) is 0.427. The summed E-state index contributed by atoms with van der Waals surface area (Å²) in [5.74, 6) is 0. The number of hydrogen-bond acceptors (Lipinski definition) is 3. The highest BCUT2D eigenvalue weighted by atomic mass is 16.3. The third-order valence-corrected chi connectivity index (χ3v) is 3.46. The van der Waals surface area contributed by atoms with E-state index in [-0.39, 0.29) is 0 Å². The molecular weight excluding hydrogens is 248 g/mol. The minimum atomic E-state index is -1.21. The molecule has 0 bridgehead atoms. The first-order valence-corrected chi connectivity index (χ1v) is 6.58. The molecular formula is C17H16N2O. The fraction of sp³-hybridized carbons (Fsp3) is 0.118. The van der Waals surface area contributed by atoms with E-state index in [0.717, 1.165) is 11.1 Å². The Morgan fingerprint density at radius 1 is 0.900 bits per heavy atom. The number of rotatable bonds is 3. The maximum Gasteiger partial charge on any atom is 0.192 e. The Kier molecular flexibility index (Phi) is 3.35. The predicted molar refractivity (Wildman–Crippen MR) is 80.2 cm³/mol. The molecule has 1 heterocycles. The van der Waals surface area contributed by atoms with Crippen LogP contribution >= 0.6 is 0 Å². The van der Waals surface area contributed by atoms with Crippen LogP contribution in [0.15, 0.2) is 77.9 Å². The SMILES string of the molecule is OC(c1ccccc1)(c1ccccc1)N1C=CC=NC1. The van der Waals surface area contributed by atoms with Crippen LogP contribution in [-0.2, 0) is 5.72 Å². The lowest BCUT2D eigenvalue weighted by Crippen LogP contribution is -2.44. The molecule has 20 heavy (non-hydrogen) atoms. The van der Waals surface area contributed by atoms with Crippen molar-refractivity contribution in [1.82, 2.24) is 4.90 Å². The number of benzene rings is 2. The minimum absolute atomic E-state index is 0.427. The molecule has 0 saturated heterocycles. The molecule has 0 aliphatic carbocycles. The summed E-state index contributed by atoms with van der Waals surface area (Å²) in [5.41, 5.74) is 0.442. The van der Waals surface area contributed by atoms with Crippen LogP contribution in [0.2, 0.25) is 0 Å². The van der Waals surface area contributed by atoms with Gasteiger partial charge in [0, 0.05) is 23.5 Å². The molecule has 1 aliphatic rings. The molecule has 3 nitrogen and oxygen atoms in total. The lowest BCUT2D eigenvalue weighted by Gasteiger charge is -2.39. The Bertz CT molecular complexity index is 580. The molecule has 3 heteroatoms. The summed E-state index contributed by atoms with van der Waals surface area (Å²) in [5, 5.41) is 11.4. The van der Waals surface area contributed by atoms with Gasteiger partial charge >= 0.3 is 0 Å². The molecule has 0 spiro atoms. The number of aliphatic hydroxyl groups is 1. The lowest BCUT2D eigenvalue weighted by molar-refractivity contribution is -0.0511. The van der Waals surface area contributed by atoms with Crippen molar-refractivity contribution >= 4 is 6.21 Å². The molecule has 0 saturated carbocycles.